The number of aromatic nitrogens is 1. The Bertz CT molecular complexity index is 634. The van der Waals surface area contributed by atoms with Crippen molar-refractivity contribution in [3.05, 3.63) is 50.3 Å². The Morgan fingerprint density at radius 3 is 2.89 bits per heavy atom. The van der Waals surface area contributed by atoms with Crippen molar-refractivity contribution in [1.29, 1.82) is 5.26 Å². The van der Waals surface area contributed by atoms with Gasteiger partial charge >= 0.3 is 5.69 Å². The molecule has 0 aliphatic carbocycles. The zero-order valence-electron chi connectivity index (χ0n) is 10.0. The largest absolute Gasteiger partial charge is 0.363 e. The normalized spacial score (nSPS) is 11.6. The van der Waals surface area contributed by atoms with Gasteiger partial charge in [-0.3, -0.25) is 10.1 Å². The second kappa shape index (κ2) is 5.46. The van der Waals surface area contributed by atoms with Gasteiger partial charge in [-0.25, -0.2) is 4.98 Å². The standard InChI is InChI=1S/C12H10N4O2S/c1-8(9-4-5-19-7-9)14-12-3-2-11(16(17)18)10(6-13)15-12/h2-5,7-8H,1H3,(H,14,15). The van der Waals surface area contributed by atoms with Crippen molar-refractivity contribution in [2.45, 2.75) is 13.0 Å². The third kappa shape index (κ3) is 2.86. The van der Waals surface area contributed by atoms with Gasteiger partial charge in [0.05, 0.1) is 11.0 Å². The van der Waals surface area contributed by atoms with Gasteiger partial charge in [0.1, 0.15) is 11.9 Å². The Morgan fingerprint density at radius 2 is 2.32 bits per heavy atom. The zero-order chi connectivity index (χ0) is 13.8. The molecule has 0 fully saturated rings. The summed E-state index contributed by atoms with van der Waals surface area (Å²) in [7, 11) is 0. The van der Waals surface area contributed by atoms with Gasteiger partial charge in [-0.15, -0.1) is 0 Å². The summed E-state index contributed by atoms with van der Waals surface area (Å²) in [5.41, 5.74) is 0.632. The van der Waals surface area contributed by atoms with Crippen LogP contribution in [0.5, 0.6) is 0 Å². The number of nitrogens with zero attached hydrogens (tertiary/aromatic N) is 3. The van der Waals surface area contributed by atoms with Gasteiger partial charge in [0.2, 0.25) is 5.69 Å². The van der Waals surface area contributed by atoms with Gasteiger partial charge in [0.15, 0.2) is 0 Å². The highest BCUT2D eigenvalue weighted by Gasteiger charge is 2.16. The van der Waals surface area contributed by atoms with Crippen molar-refractivity contribution in [2.24, 2.45) is 0 Å². The summed E-state index contributed by atoms with van der Waals surface area (Å²) in [6.07, 6.45) is 0. The maximum Gasteiger partial charge on any atom is 0.305 e. The lowest BCUT2D eigenvalue weighted by atomic mass is 10.2. The molecule has 0 amide bonds. The molecule has 0 aliphatic rings. The van der Waals surface area contributed by atoms with Crippen molar-refractivity contribution in [3.63, 3.8) is 0 Å². The van der Waals surface area contributed by atoms with E-state index in [0.29, 0.717) is 5.82 Å². The highest BCUT2D eigenvalue weighted by molar-refractivity contribution is 7.07. The number of anilines is 1. The molecule has 19 heavy (non-hydrogen) atoms. The molecule has 0 saturated heterocycles. The van der Waals surface area contributed by atoms with E-state index >= 15 is 0 Å². The number of nitro groups is 1. The van der Waals surface area contributed by atoms with Crippen LogP contribution in [0, 0.1) is 21.4 Å². The predicted molar refractivity (Wildman–Crippen MR) is 72.0 cm³/mol. The maximum absolute atomic E-state index is 10.7. The van der Waals surface area contributed by atoms with Gasteiger partial charge in [0.25, 0.3) is 0 Å². The first-order chi connectivity index (χ1) is 9.11. The molecular weight excluding hydrogens is 264 g/mol. The number of hydrogen-bond donors (Lipinski definition) is 1. The molecule has 2 rings (SSSR count). The molecule has 2 aromatic rings. The van der Waals surface area contributed by atoms with Gasteiger partial charge in [-0.05, 0) is 35.4 Å². The van der Waals surface area contributed by atoms with Gasteiger partial charge in [-0.2, -0.15) is 16.6 Å². The molecule has 0 radical (unpaired) electrons. The SMILES string of the molecule is CC(Nc1ccc([N+](=O)[O-])c(C#N)n1)c1ccsc1. The topological polar surface area (TPSA) is 91.9 Å². The minimum Gasteiger partial charge on any atom is -0.363 e. The van der Waals surface area contributed by atoms with E-state index in [1.165, 1.54) is 12.1 Å². The number of hydrogen-bond acceptors (Lipinski definition) is 6. The molecule has 0 spiro atoms. The van der Waals surface area contributed by atoms with Gasteiger partial charge in [0, 0.05) is 6.07 Å². The Morgan fingerprint density at radius 1 is 1.53 bits per heavy atom. The van der Waals surface area contributed by atoms with E-state index in [0.717, 1.165) is 5.56 Å². The quantitative estimate of drug-likeness (QED) is 0.683. The second-order valence-corrected chi connectivity index (χ2v) is 4.64. The third-order valence-corrected chi connectivity index (χ3v) is 3.29. The summed E-state index contributed by atoms with van der Waals surface area (Å²) in [6.45, 7) is 1.96. The van der Waals surface area contributed by atoms with Crippen LogP contribution in [-0.4, -0.2) is 9.91 Å². The molecule has 0 aromatic carbocycles. The molecular formula is C12H10N4O2S. The second-order valence-electron chi connectivity index (χ2n) is 3.86. The number of pyridine rings is 1. The highest BCUT2D eigenvalue weighted by atomic mass is 32.1. The smallest absolute Gasteiger partial charge is 0.305 e. The Labute approximate surface area is 113 Å². The third-order valence-electron chi connectivity index (χ3n) is 2.58. The van der Waals surface area contributed by atoms with Crippen LogP contribution < -0.4 is 5.32 Å². The van der Waals surface area contributed by atoms with Crippen molar-refractivity contribution >= 4 is 22.8 Å². The number of nitrogens with one attached hydrogen (secondary N) is 1. The van der Waals surface area contributed by atoms with Gasteiger partial charge < -0.3 is 5.32 Å². The lowest BCUT2D eigenvalue weighted by Crippen LogP contribution is -2.08. The molecule has 1 unspecified atom stereocenters. The molecule has 0 bridgehead atoms. The van der Waals surface area contributed by atoms with Crippen LogP contribution in [-0.2, 0) is 0 Å². The van der Waals surface area contributed by atoms with Crippen LogP contribution >= 0.6 is 11.3 Å². The fraction of sp³-hybridized carbons (Fsp3) is 0.167. The molecule has 2 aromatic heterocycles. The fourth-order valence-electron chi connectivity index (χ4n) is 1.59. The van der Waals surface area contributed by atoms with Crippen LogP contribution in [0.3, 0.4) is 0 Å². The molecule has 0 saturated carbocycles. The van der Waals surface area contributed by atoms with Gasteiger partial charge in [-0.1, -0.05) is 0 Å². The Balaban J connectivity index is 2.23. The van der Waals surface area contributed by atoms with E-state index in [4.69, 9.17) is 5.26 Å². The van der Waals surface area contributed by atoms with Crippen molar-refractivity contribution < 1.29 is 4.92 Å². The first-order valence-electron chi connectivity index (χ1n) is 5.46. The Hall–Kier alpha value is -2.46. The van der Waals surface area contributed by atoms with E-state index < -0.39 is 4.92 Å². The van der Waals surface area contributed by atoms with Crippen LogP contribution in [0.2, 0.25) is 0 Å². The molecule has 6 nitrogen and oxygen atoms in total. The molecule has 0 aliphatic heterocycles. The van der Waals surface area contributed by atoms with Crippen LogP contribution in [0.4, 0.5) is 11.5 Å². The minimum atomic E-state index is -0.613. The summed E-state index contributed by atoms with van der Waals surface area (Å²) in [5, 5.41) is 26.6. The zero-order valence-corrected chi connectivity index (χ0v) is 10.8. The van der Waals surface area contributed by atoms with E-state index in [-0.39, 0.29) is 17.4 Å². The predicted octanol–water partition coefficient (Wildman–Crippen LogP) is 3.10. The van der Waals surface area contributed by atoms with Crippen LogP contribution in [0.15, 0.2) is 29.0 Å². The monoisotopic (exact) mass is 274 g/mol. The lowest BCUT2D eigenvalue weighted by molar-refractivity contribution is -0.385. The van der Waals surface area contributed by atoms with E-state index in [1.54, 1.807) is 17.4 Å². The number of nitriles is 1. The first kappa shape index (κ1) is 13.0. The summed E-state index contributed by atoms with van der Waals surface area (Å²) in [6, 6.07) is 6.53. The summed E-state index contributed by atoms with van der Waals surface area (Å²) in [5.74, 6) is 0.445. The van der Waals surface area contributed by atoms with Crippen LogP contribution in [0.1, 0.15) is 24.2 Å². The van der Waals surface area contributed by atoms with E-state index in [2.05, 4.69) is 10.3 Å². The number of rotatable bonds is 4. The summed E-state index contributed by atoms with van der Waals surface area (Å²) >= 11 is 1.59. The van der Waals surface area contributed by atoms with E-state index in [9.17, 15) is 10.1 Å². The first-order valence-corrected chi connectivity index (χ1v) is 6.40. The molecule has 1 N–H and O–H groups in total. The molecule has 96 valence electrons. The van der Waals surface area contributed by atoms with E-state index in [1.807, 2.05) is 23.8 Å². The average Bonchev–Trinajstić information content (AvgIpc) is 2.92. The highest BCUT2D eigenvalue weighted by Crippen LogP contribution is 2.23. The fourth-order valence-corrected chi connectivity index (χ4v) is 2.34. The molecule has 1 atom stereocenters. The average molecular weight is 274 g/mol. The van der Waals surface area contributed by atoms with Crippen molar-refractivity contribution in [1.82, 2.24) is 4.98 Å². The Kier molecular flexibility index (Phi) is 3.73. The minimum absolute atomic E-state index is 0.0201. The summed E-state index contributed by atoms with van der Waals surface area (Å²) in [4.78, 5) is 14.0. The maximum atomic E-state index is 10.7. The van der Waals surface area contributed by atoms with Crippen molar-refractivity contribution in [2.75, 3.05) is 5.32 Å². The molecule has 2 heterocycles. The summed E-state index contributed by atoms with van der Waals surface area (Å²) < 4.78 is 0. The lowest BCUT2D eigenvalue weighted by Gasteiger charge is -2.13. The van der Waals surface area contributed by atoms with Crippen molar-refractivity contribution in [3.8, 4) is 6.07 Å². The molecule has 7 heteroatoms. The number of thiophene rings is 1. The van der Waals surface area contributed by atoms with Crippen LogP contribution in [0.25, 0.3) is 0 Å².